The van der Waals surface area contributed by atoms with E-state index in [2.05, 4.69) is 42.9 Å². The zero-order valence-corrected chi connectivity index (χ0v) is 14.4. The number of aromatic nitrogens is 1. The van der Waals surface area contributed by atoms with E-state index in [-0.39, 0.29) is 0 Å². The van der Waals surface area contributed by atoms with Gasteiger partial charge in [0.25, 0.3) is 0 Å². The molecule has 20 heavy (non-hydrogen) atoms. The third-order valence-electron chi connectivity index (χ3n) is 3.03. The molecule has 0 fully saturated rings. The first-order chi connectivity index (χ1) is 9.63. The number of fused-ring (bicyclic) bond motifs is 1. The molecule has 3 aromatic rings. The molecule has 0 aliphatic carbocycles. The van der Waals surface area contributed by atoms with Crippen LogP contribution in [0.1, 0.15) is 16.7 Å². The van der Waals surface area contributed by atoms with Crippen LogP contribution in [0.15, 0.2) is 51.4 Å². The van der Waals surface area contributed by atoms with Gasteiger partial charge in [-0.15, -0.1) is 11.3 Å². The fraction of sp³-hybridized carbons (Fsp3) is 0.133. The molecule has 2 nitrogen and oxygen atoms in total. The first-order valence-corrected chi connectivity index (χ1v) is 8.51. The molecule has 2 aromatic carbocycles. The van der Waals surface area contributed by atoms with Crippen LogP contribution in [-0.4, -0.2) is 10.1 Å². The summed E-state index contributed by atoms with van der Waals surface area (Å²) in [5.74, 6) is 0. The van der Waals surface area contributed by atoms with Gasteiger partial charge in [-0.3, -0.25) is 0 Å². The molecule has 0 amide bonds. The van der Waals surface area contributed by atoms with Crippen LogP contribution >= 0.6 is 43.2 Å². The summed E-state index contributed by atoms with van der Waals surface area (Å²) in [6, 6.07) is 13.8. The highest BCUT2D eigenvalue weighted by Gasteiger charge is 2.15. The van der Waals surface area contributed by atoms with Crippen molar-refractivity contribution in [1.29, 1.82) is 0 Å². The molecular weight excluding hydrogens is 402 g/mol. The summed E-state index contributed by atoms with van der Waals surface area (Å²) in [5, 5.41) is 11.3. The van der Waals surface area contributed by atoms with E-state index < -0.39 is 6.10 Å². The Bertz CT molecular complexity index is 723. The quantitative estimate of drug-likeness (QED) is 0.649. The summed E-state index contributed by atoms with van der Waals surface area (Å²) in [4.78, 5) is 4.56. The van der Waals surface area contributed by atoms with Crippen molar-refractivity contribution in [3.63, 3.8) is 0 Å². The third kappa shape index (κ3) is 2.96. The second-order valence-corrected chi connectivity index (χ2v) is 7.35. The summed E-state index contributed by atoms with van der Waals surface area (Å²) < 4.78 is 3.05. The number of para-hydroxylation sites is 1. The van der Waals surface area contributed by atoms with Gasteiger partial charge in [0.2, 0.25) is 0 Å². The second-order valence-electron chi connectivity index (χ2n) is 4.46. The monoisotopic (exact) mass is 411 g/mol. The molecule has 0 aliphatic heterocycles. The first-order valence-electron chi connectivity index (χ1n) is 6.11. The molecular formula is C15H11Br2NOS. The topological polar surface area (TPSA) is 33.1 Å². The second kappa shape index (κ2) is 5.93. The highest BCUT2D eigenvalue weighted by molar-refractivity contribution is 9.11. The van der Waals surface area contributed by atoms with Crippen LogP contribution in [0.25, 0.3) is 10.2 Å². The number of hydrogen-bond acceptors (Lipinski definition) is 3. The minimum Gasteiger partial charge on any atom is -0.388 e. The standard InChI is InChI=1S/C15H11Br2NOS/c16-9-5-6-10(11(17)7-9)13(19)8-15-18-12-3-1-2-4-14(12)20-15/h1-7,13,19H,8H2. The van der Waals surface area contributed by atoms with Crippen molar-refractivity contribution in [2.45, 2.75) is 12.5 Å². The summed E-state index contributed by atoms with van der Waals surface area (Å²) in [6.07, 6.45) is -0.0300. The van der Waals surface area contributed by atoms with E-state index in [1.165, 1.54) is 0 Å². The van der Waals surface area contributed by atoms with Crippen molar-refractivity contribution < 1.29 is 5.11 Å². The van der Waals surface area contributed by atoms with Gasteiger partial charge in [-0.05, 0) is 29.8 Å². The van der Waals surface area contributed by atoms with E-state index in [1.807, 2.05) is 36.4 Å². The van der Waals surface area contributed by atoms with Crippen LogP contribution in [0, 0.1) is 0 Å². The van der Waals surface area contributed by atoms with Gasteiger partial charge in [0.05, 0.1) is 21.3 Å². The first kappa shape index (κ1) is 14.2. The van der Waals surface area contributed by atoms with E-state index >= 15 is 0 Å². The molecule has 3 rings (SSSR count). The fourth-order valence-corrected chi connectivity index (χ4v) is 4.37. The van der Waals surface area contributed by atoms with Gasteiger partial charge < -0.3 is 5.11 Å². The Balaban J connectivity index is 1.86. The number of thiazole rings is 1. The normalized spacial score (nSPS) is 12.8. The van der Waals surface area contributed by atoms with E-state index in [4.69, 9.17) is 0 Å². The van der Waals surface area contributed by atoms with E-state index in [0.29, 0.717) is 6.42 Å². The van der Waals surface area contributed by atoms with Crippen molar-refractivity contribution in [3.8, 4) is 0 Å². The maximum Gasteiger partial charge on any atom is 0.0967 e. The summed E-state index contributed by atoms with van der Waals surface area (Å²) >= 11 is 8.54. The molecule has 0 aliphatic rings. The summed E-state index contributed by atoms with van der Waals surface area (Å²) in [5.41, 5.74) is 1.88. The van der Waals surface area contributed by atoms with Crippen molar-refractivity contribution in [1.82, 2.24) is 4.98 Å². The molecule has 1 N–H and O–H groups in total. The van der Waals surface area contributed by atoms with Gasteiger partial charge in [-0.1, -0.05) is 50.1 Å². The average molecular weight is 413 g/mol. The molecule has 0 bridgehead atoms. The molecule has 0 saturated carbocycles. The molecule has 1 unspecified atom stereocenters. The van der Waals surface area contributed by atoms with Crippen LogP contribution in [0.2, 0.25) is 0 Å². The van der Waals surface area contributed by atoms with Gasteiger partial charge >= 0.3 is 0 Å². The number of halogens is 2. The van der Waals surface area contributed by atoms with Crippen LogP contribution < -0.4 is 0 Å². The highest BCUT2D eigenvalue weighted by Crippen LogP contribution is 2.31. The van der Waals surface area contributed by atoms with Crippen molar-refractivity contribution in [3.05, 3.63) is 62.0 Å². The summed E-state index contributed by atoms with van der Waals surface area (Å²) in [7, 11) is 0. The molecule has 0 spiro atoms. The van der Waals surface area contributed by atoms with E-state index in [9.17, 15) is 5.11 Å². The Morgan fingerprint density at radius 2 is 1.95 bits per heavy atom. The van der Waals surface area contributed by atoms with E-state index in [0.717, 1.165) is 29.7 Å². The van der Waals surface area contributed by atoms with Crippen LogP contribution in [0.3, 0.4) is 0 Å². The van der Waals surface area contributed by atoms with Crippen molar-refractivity contribution >= 4 is 53.4 Å². The highest BCUT2D eigenvalue weighted by atomic mass is 79.9. The number of benzene rings is 2. The number of rotatable bonds is 3. The largest absolute Gasteiger partial charge is 0.388 e. The van der Waals surface area contributed by atoms with Gasteiger partial charge in [-0.2, -0.15) is 0 Å². The molecule has 102 valence electrons. The lowest BCUT2D eigenvalue weighted by Gasteiger charge is -2.11. The van der Waals surface area contributed by atoms with Gasteiger partial charge in [0.1, 0.15) is 0 Å². The van der Waals surface area contributed by atoms with Gasteiger partial charge in [0, 0.05) is 15.4 Å². The lowest BCUT2D eigenvalue weighted by molar-refractivity contribution is 0.177. The number of aliphatic hydroxyl groups is 1. The SMILES string of the molecule is OC(Cc1nc2ccccc2s1)c1ccc(Br)cc1Br. The van der Waals surface area contributed by atoms with E-state index in [1.54, 1.807) is 11.3 Å². The van der Waals surface area contributed by atoms with Crippen LogP contribution in [0.4, 0.5) is 0 Å². The van der Waals surface area contributed by atoms with Crippen LogP contribution in [-0.2, 0) is 6.42 Å². The minimum absolute atomic E-state index is 0.527. The Hall–Kier alpha value is -0.750. The minimum atomic E-state index is -0.557. The Kier molecular flexibility index (Phi) is 4.21. The Labute approximate surface area is 137 Å². The molecule has 0 radical (unpaired) electrons. The van der Waals surface area contributed by atoms with Crippen LogP contribution in [0.5, 0.6) is 0 Å². The lowest BCUT2D eigenvalue weighted by Crippen LogP contribution is -2.02. The smallest absolute Gasteiger partial charge is 0.0967 e. The molecule has 1 aromatic heterocycles. The lowest BCUT2D eigenvalue weighted by atomic mass is 10.1. The molecule has 1 atom stereocenters. The van der Waals surface area contributed by atoms with Crippen molar-refractivity contribution in [2.75, 3.05) is 0 Å². The third-order valence-corrected chi connectivity index (χ3v) is 5.27. The number of aliphatic hydroxyl groups excluding tert-OH is 1. The van der Waals surface area contributed by atoms with Crippen molar-refractivity contribution in [2.24, 2.45) is 0 Å². The number of hydrogen-bond donors (Lipinski definition) is 1. The predicted molar refractivity (Wildman–Crippen MR) is 90.1 cm³/mol. The zero-order chi connectivity index (χ0) is 14.1. The predicted octanol–water partition coefficient (Wildman–Crippen LogP) is 5.10. The summed E-state index contributed by atoms with van der Waals surface area (Å²) in [6.45, 7) is 0. The maximum absolute atomic E-state index is 10.4. The van der Waals surface area contributed by atoms with Gasteiger partial charge in [0.15, 0.2) is 0 Å². The molecule has 1 heterocycles. The molecule has 0 saturated heterocycles. The number of nitrogens with zero attached hydrogens (tertiary/aromatic N) is 1. The molecule has 5 heteroatoms. The fourth-order valence-electron chi connectivity index (χ4n) is 2.05. The Morgan fingerprint density at radius 3 is 2.70 bits per heavy atom. The zero-order valence-electron chi connectivity index (χ0n) is 10.4. The average Bonchev–Trinajstić information content (AvgIpc) is 2.80. The van der Waals surface area contributed by atoms with Gasteiger partial charge in [-0.25, -0.2) is 4.98 Å². The Morgan fingerprint density at radius 1 is 1.15 bits per heavy atom. The maximum atomic E-state index is 10.4.